The van der Waals surface area contributed by atoms with E-state index < -0.39 is 0 Å². The smallest absolute Gasteiger partial charge is 0.175 e. The molecule has 2 rings (SSSR count). The molecule has 14 heavy (non-hydrogen) atoms. The number of rotatable bonds is 0. The Balaban J connectivity index is 2.50. The third kappa shape index (κ3) is 1.68. The molecule has 1 heterocycles. The van der Waals surface area contributed by atoms with Crippen LogP contribution in [0.15, 0.2) is 16.6 Å². The fraction of sp³-hybridized carbons (Fsp3) is 0.300. The lowest BCUT2D eigenvalue weighted by Gasteiger charge is -2.08. The summed E-state index contributed by atoms with van der Waals surface area (Å²) in [5.74, 6) is 1.34. The summed E-state index contributed by atoms with van der Waals surface area (Å²) < 4.78 is 11.7. The highest BCUT2D eigenvalue weighted by Gasteiger charge is 2.14. The molecule has 4 heteroatoms. The maximum Gasteiger partial charge on any atom is 0.175 e. The summed E-state index contributed by atoms with van der Waals surface area (Å²) in [7, 11) is 0. The molecule has 0 aromatic heterocycles. The fourth-order valence-electron chi connectivity index (χ4n) is 1.30. The first-order chi connectivity index (χ1) is 6.81. The summed E-state index contributed by atoms with van der Waals surface area (Å²) in [5, 5.41) is 8.77. The zero-order valence-corrected chi connectivity index (χ0v) is 9.00. The van der Waals surface area contributed by atoms with Crippen molar-refractivity contribution in [3.05, 3.63) is 22.2 Å². The second kappa shape index (κ2) is 3.89. The minimum Gasteiger partial charge on any atom is -0.489 e. The molecule has 0 radical (unpaired) electrons. The van der Waals surface area contributed by atoms with Gasteiger partial charge >= 0.3 is 0 Å². The summed E-state index contributed by atoms with van der Waals surface area (Å²) in [4.78, 5) is 0. The van der Waals surface area contributed by atoms with Gasteiger partial charge in [-0.2, -0.15) is 5.26 Å². The normalized spacial score (nSPS) is 14.3. The molecule has 1 aliphatic rings. The molecule has 0 amide bonds. The molecule has 1 aliphatic heterocycles. The minimum atomic E-state index is 0.570. The van der Waals surface area contributed by atoms with E-state index in [1.54, 1.807) is 12.1 Å². The molecule has 0 saturated carbocycles. The Bertz CT molecular complexity index is 398. The molecule has 0 unspecified atom stereocenters. The number of hydrogen-bond acceptors (Lipinski definition) is 3. The van der Waals surface area contributed by atoms with Crippen LogP contribution in [-0.4, -0.2) is 13.2 Å². The van der Waals surface area contributed by atoms with Gasteiger partial charge < -0.3 is 9.47 Å². The van der Waals surface area contributed by atoms with Crippen molar-refractivity contribution >= 4 is 15.9 Å². The average molecular weight is 254 g/mol. The van der Waals surface area contributed by atoms with E-state index in [2.05, 4.69) is 22.0 Å². The molecule has 0 N–H and O–H groups in total. The maximum absolute atomic E-state index is 8.77. The van der Waals surface area contributed by atoms with Crippen LogP contribution in [0.4, 0.5) is 0 Å². The first kappa shape index (κ1) is 9.35. The van der Waals surface area contributed by atoms with Crippen molar-refractivity contribution in [2.24, 2.45) is 0 Å². The number of fused-ring (bicyclic) bond motifs is 1. The topological polar surface area (TPSA) is 42.2 Å². The highest BCUT2D eigenvalue weighted by atomic mass is 79.9. The zero-order valence-electron chi connectivity index (χ0n) is 7.42. The van der Waals surface area contributed by atoms with Gasteiger partial charge in [-0.1, -0.05) is 0 Å². The van der Waals surface area contributed by atoms with E-state index in [0.717, 1.165) is 10.9 Å². The van der Waals surface area contributed by atoms with Gasteiger partial charge in [0.2, 0.25) is 0 Å². The van der Waals surface area contributed by atoms with Crippen LogP contribution < -0.4 is 9.47 Å². The Kier molecular flexibility index (Phi) is 2.60. The second-order valence-corrected chi connectivity index (χ2v) is 3.80. The lowest BCUT2D eigenvalue weighted by molar-refractivity contribution is 0.296. The van der Waals surface area contributed by atoms with E-state index in [0.29, 0.717) is 30.3 Å². The van der Waals surface area contributed by atoms with Gasteiger partial charge in [0.15, 0.2) is 11.5 Å². The molecule has 72 valence electrons. The molecular weight excluding hydrogens is 246 g/mol. The van der Waals surface area contributed by atoms with Crippen LogP contribution in [0.1, 0.15) is 12.0 Å². The Hall–Kier alpha value is -1.21. The number of nitrogens with zero attached hydrogens (tertiary/aromatic N) is 1. The number of nitriles is 1. The lowest BCUT2D eigenvalue weighted by atomic mass is 10.2. The van der Waals surface area contributed by atoms with Crippen LogP contribution in [0.2, 0.25) is 0 Å². The summed E-state index contributed by atoms with van der Waals surface area (Å²) in [6.07, 6.45) is 0.864. The molecule has 0 aliphatic carbocycles. The van der Waals surface area contributed by atoms with Crippen LogP contribution in [0, 0.1) is 11.3 Å². The van der Waals surface area contributed by atoms with Crippen molar-refractivity contribution in [3.63, 3.8) is 0 Å². The van der Waals surface area contributed by atoms with Gasteiger partial charge in [0.1, 0.15) is 0 Å². The number of ether oxygens (including phenoxy) is 2. The molecule has 0 bridgehead atoms. The number of halogens is 1. The summed E-state index contributed by atoms with van der Waals surface area (Å²) in [5.41, 5.74) is 0.570. The Morgan fingerprint density at radius 3 is 2.86 bits per heavy atom. The second-order valence-electron chi connectivity index (χ2n) is 2.95. The third-order valence-electron chi connectivity index (χ3n) is 1.93. The van der Waals surface area contributed by atoms with Crippen LogP contribution in [-0.2, 0) is 0 Å². The molecule has 0 saturated heterocycles. The maximum atomic E-state index is 8.77. The highest BCUT2D eigenvalue weighted by Crippen LogP contribution is 2.37. The van der Waals surface area contributed by atoms with Crippen molar-refractivity contribution in [2.45, 2.75) is 6.42 Å². The Morgan fingerprint density at radius 2 is 2.07 bits per heavy atom. The van der Waals surface area contributed by atoms with E-state index in [1.807, 2.05) is 0 Å². The quantitative estimate of drug-likeness (QED) is 0.714. The van der Waals surface area contributed by atoms with E-state index in [4.69, 9.17) is 14.7 Å². The van der Waals surface area contributed by atoms with Crippen molar-refractivity contribution in [2.75, 3.05) is 13.2 Å². The molecule has 3 nitrogen and oxygen atoms in total. The largest absolute Gasteiger partial charge is 0.489 e. The SMILES string of the molecule is N#Cc1cc(Br)c2c(c1)OCCCO2. The van der Waals surface area contributed by atoms with E-state index in [1.165, 1.54) is 0 Å². The van der Waals surface area contributed by atoms with Gasteiger partial charge in [0, 0.05) is 12.5 Å². The average Bonchev–Trinajstić information content (AvgIpc) is 2.42. The predicted octanol–water partition coefficient (Wildman–Crippen LogP) is 2.48. The van der Waals surface area contributed by atoms with Crippen molar-refractivity contribution in [1.82, 2.24) is 0 Å². The molecule has 1 aromatic rings. The van der Waals surface area contributed by atoms with Crippen LogP contribution in [0.3, 0.4) is 0 Å². The van der Waals surface area contributed by atoms with E-state index >= 15 is 0 Å². The van der Waals surface area contributed by atoms with Crippen molar-refractivity contribution in [3.8, 4) is 17.6 Å². The van der Waals surface area contributed by atoms with Gasteiger partial charge in [-0.25, -0.2) is 0 Å². The summed E-state index contributed by atoms with van der Waals surface area (Å²) in [6, 6.07) is 5.50. The number of benzene rings is 1. The van der Waals surface area contributed by atoms with E-state index in [-0.39, 0.29) is 0 Å². The first-order valence-corrected chi connectivity index (χ1v) is 5.10. The lowest BCUT2D eigenvalue weighted by Crippen LogP contribution is -1.97. The Morgan fingerprint density at radius 1 is 1.29 bits per heavy atom. The van der Waals surface area contributed by atoms with Crippen molar-refractivity contribution < 1.29 is 9.47 Å². The van der Waals surface area contributed by atoms with Gasteiger partial charge in [0.05, 0.1) is 29.3 Å². The third-order valence-corrected chi connectivity index (χ3v) is 2.52. The van der Waals surface area contributed by atoms with Crippen LogP contribution >= 0.6 is 15.9 Å². The summed E-state index contributed by atoms with van der Waals surface area (Å²) in [6.45, 7) is 1.28. The zero-order chi connectivity index (χ0) is 9.97. The number of hydrogen-bond donors (Lipinski definition) is 0. The van der Waals surface area contributed by atoms with Gasteiger partial charge in [-0.05, 0) is 22.0 Å². The standard InChI is InChI=1S/C10H8BrNO2/c11-8-4-7(6-12)5-9-10(8)14-3-1-2-13-9/h4-5H,1-3H2. The molecule has 0 spiro atoms. The Labute approximate surface area is 90.4 Å². The van der Waals surface area contributed by atoms with Gasteiger partial charge in [0.25, 0.3) is 0 Å². The molecular formula is C10H8BrNO2. The monoisotopic (exact) mass is 253 g/mol. The van der Waals surface area contributed by atoms with E-state index in [9.17, 15) is 0 Å². The fourth-order valence-corrected chi connectivity index (χ4v) is 1.85. The van der Waals surface area contributed by atoms with Crippen LogP contribution in [0.25, 0.3) is 0 Å². The predicted molar refractivity (Wildman–Crippen MR) is 54.5 cm³/mol. The first-order valence-electron chi connectivity index (χ1n) is 4.30. The minimum absolute atomic E-state index is 0.570. The molecule has 1 aromatic carbocycles. The van der Waals surface area contributed by atoms with Gasteiger partial charge in [-0.3, -0.25) is 0 Å². The molecule has 0 fully saturated rings. The summed E-state index contributed by atoms with van der Waals surface area (Å²) >= 11 is 3.35. The highest BCUT2D eigenvalue weighted by molar-refractivity contribution is 9.10. The molecule has 0 atom stereocenters. The van der Waals surface area contributed by atoms with Gasteiger partial charge in [-0.15, -0.1) is 0 Å². The van der Waals surface area contributed by atoms with Crippen LogP contribution in [0.5, 0.6) is 11.5 Å². The van der Waals surface area contributed by atoms with Crippen molar-refractivity contribution in [1.29, 1.82) is 5.26 Å².